The summed E-state index contributed by atoms with van der Waals surface area (Å²) in [5, 5.41) is 21.2. The van der Waals surface area contributed by atoms with Crippen molar-refractivity contribution in [3.8, 4) is 22.4 Å². The Bertz CT molecular complexity index is 1660. The summed E-state index contributed by atoms with van der Waals surface area (Å²) in [5.74, 6) is 0.314. The smallest absolute Gasteiger partial charge is 0.255 e. The van der Waals surface area contributed by atoms with Gasteiger partial charge in [-0.25, -0.2) is 18.1 Å². The van der Waals surface area contributed by atoms with Crippen LogP contribution in [-0.4, -0.2) is 53.3 Å². The number of nitrogens with zero attached hydrogens (tertiary/aromatic N) is 4. The number of benzene rings is 3. The lowest BCUT2D eigenvalue weighted by molar-refractivity contribution is 0.301. The molecule has 11 heteroatoms. The first-order valence-corrected chi connectivity index (χ1v) is 12.6. The third kappa shape index (κ3) is 4.00. The van der Waals surface area contributed by atoms with Crippen molar-refractivity contribution in [1.29, 1.82) is 0 Å². The number of nitrogens with one attached hydrogen (secondary N) is 2. The maximum absolute atomic E-state index is 13.5. The number of hydrogen-bond acceptors (Lipinski definition) is 7. The van der Waals surface area contributed by atoms with Crippen LogP contribution in [0.2, 0.25) is 5.02 Å². The van der Waals surface area contributed by atoms with Crippen molar-refractivity contribution in [2.24, 2.45) is 0 Å². The molecule has 0 unspecified atom stereocenters. The van der Waals surface area contributed by atoms with Gasteiger partial charge in [0.05, 0.1) is 28.5 Å². The van der Waals surface area contributed by atoms with Crippen LogP contribution in [0.4, 0.5) is 5.69 Å². The van der Waals surface area contributed by atoms with E-state index in [0.717, 1.165) is 11.1 Å². The minimum absolute atomic E-state index is 0.0236. The number of sulfonamides is 1. The first kappa shape index (κ1) is 23.2. The van der Waals surface area contributed by atoms with E-state index in [-0.39, 0.29) is 23.1 Å². The van der Waals surface area contributed by atoms with Crippen LogP contribution in [0.15, 0.2) is 71.9 Å². The van der Waals surface area contributed by atoms with Gasteiger partial charge in [-0.15, -0.1) is 10.2 Å². The molecule has 0 aliphatic heterocycles. The van der Waals surface area contributed by atoms with Gasteiger partial charge >= 0.3 is 0 Å². The van der Waals surface area contributed by atoms with E-state index in [1.807, 2.05) is 54.6 Å². The minimum atomic E-state index is -4.14. The van der Waals surface area contributed by atoms with Gasteiger partial charge in [-0.1, -0.05) is 60.1 Å². The number of aliphatic hydroxyl groups excluding tert-OH is 1. The Morgan fingerprint density at radius 1 is 1.09 bits per heavy atom. The van der Waals surface area contributed by atoms with E-state index in [2.05, 4.69) is 20.2 Å². The molecule has 3 aromatic carbocycles. The van der Waals surface area contributed by atoms with Crippen molar-refractivity contribution in [3.63, 3.8) is 0 Å². The quantitative estimate of drug-likeness (QED) is 0.307. The molecule has 0 spiro atoms. The average Bonchev–Trinajstić information content (AvgIpc) is 3.36. The Morgan fingerprint density at radius 2 is 1.83 bits per heavy atom. The summed E-state index contributed by atoms with van der Waals surface area (Å²) in [6.07, 6.45) is 1.56. The molecule has 0 amide bonds. The van der Waals surface area contributed by atoms with Crippen molar-refractivity contribution in [2.75, 3.05) is 25.5 Å². The van der Waals surface area contributed by atoms with Crippen LogP contribution in [0.3, 0.4) is 0 Å². The molecule has 5 rings (SSSR count). The van der Waals surface area contributed by atoms with E-state index < -0.39 is 10.0 Å². The Hall–Kier alpha value is -3.57. The SMILES string of the molecule is CNc1c(-c2ccccc2)cc(Cl)c(S(=O)(=O)NCCO)c1-c1nc2nncn2c2ccccc12. The molecule has 0 atom stereocenters. The zero-order valence-corrected chi connectivity index (χ0v) is 20.2. The van der Waals surface area contributed by atoms with Crippen LogP contribution >= 0.6 is 11.6 Å². The molecule has 9 nitrogen and oxygen atoms in total. The van der Waals surface area contributed by atoms with Gasteiger partial charge in [0.15, 0.2) is 0 Å². The normalized spacial score (nSPS) is 11.9. The highest BCUT2D eigenvalue weighted by Crippen LogP contribution is 2.46. The highest BCUT2D eigenvalue weighted by atomic mass is 35.5. The van der Waals surface area contributed by atoms with Gasteiger partial charge in [0.25, 0.3) is 5.78 Å². The van der Waals surface area contributed by atoms with E-state index in [1.54, 1.807) is 23.8 Å². The summed E-state index contributed by atoms with van der Waals surface area (Å²) in [7, 11) is -2.42. The number of anilines is 1. The molecule has 5 aromatic rings. The molecule has 2 aromatic heterocycles. The topological polar surface area (TPSA) is 122 Å². The Balaban J connectivity index is 1.96. The van der Waals surface area contributed by atoms with Crippen molar-refractivity contribution in [1.82, 2.24) is 24.3 Å². The van der Waals surface area contributed by atoms with Crippen LogP contribution in [0.5, 0.6) is 0 Å². The monoisotopic (exact) mass is 508 g/mol. The van der Waals surface area contributed by atoms with Crippen LogP contribution in [0, 0.1) is 0 Å². The third-order valence-corrected chi connectivity index (χ3v) is 7.59. The van der Waals surface area contributed by atoms with Gasteiger partial charge in [-0.05, 0) is 17.7 Å². The predicted molar refractivity (Wildman–Crippen MR) is 136 cm³/mol. The summed E-state index contributed by atoms with van der Waals surface area (Å²) in [6, 6.07) is 18.6. The van der Waals surface area contributed by atoms with Crippen molar-refractivity contribution in [3.05, 3.63) is 72.0 Å². The number of para-hydroxylation sites is 1. The minimum Gasteiger partial charge on any atom is -0.395 e. The zero-order valence-electron chi connectivity index (χ0n) is 18.6. The largest absolute Gasteiger partial charge is 0.395 e. The van der Waals surface area contributed by atoms with E-state index in [9.17, 15) is 13.5 Å². The first-order chi connectivity index (χ1) is 17.0. The number of aliphatic hydroxyl groups is 1. The predicted octanol–water partition coefficient (Wildman–Crippen LogP) is 3.58. The molecule has 0 aliphatic rings. The standard InChI is InChI=1S/C24H21ClN6O3S/c1-26-21-17(15-7-3-2-4-8-15)13-18(25)23(35(33,34)28-11-12-32)20(21)22-16-9-5-6-10-19(16)31-14-27-30-24(31)29-22/h2-10,13-14,26,28,32H,11-12H2,1H3. The molecular weight excluding hydrogens is 488 g/mol. The molecule has 0 radical (unpaired) electrons. The van der Waals surface area contributed by atoms with Crippen molar-refractivity contribution >= 4 is 44.0 Å². The number of hydrogen-bond donors (Lipinski definition) is 3. The van der Waals surface area contributed by atoms with Gasteiger partial charge in [0.2, 0.25) is 10.0 Å². The third-order valence-electron chi connectivity index (χ3n) is 5.64. The maximum atomic E-state index is 13.5. The molecule has 0 aliphatic carbocycles. The highest BCUT2D eigenvalue weighted by molar-refractivity contribution is 7.89. The van der Waals surface area contributed by atoms with E-state index in [4.69, 9.17) is 16.6 Å². The Morgan fingerprint density at radius 3 is 2.57 bits per heavy atom. The lowest BCUT2D eigenvalue weighted by Gasteiger charge is -2.21. The molecule has 35 heavy (non-hydrogen) atoms. The van der Waals surface area contributed by atoms with E-state index in [1.165, 1.54) is 0 Å². The molecule has 0 saturated carbocycles. The van der Waals surface area contributed by atoms with Crippen LogP contribution in [0.1, 0.15) is 0 Å². The fraction of sp³-hybridized carbons (Fsp3) is 0.125. The molecule has 0 fully saturated rings. The van der Waals surface area contributed by atoms with Gasteiger partial charge in [-0.2, -0.15) is 0 Å². The number of halogens is 1. The summed E-state index contributed by atoms with van der Waals surface area (Å²) < 4.78 is 31.1. The Labute approximate surface area is 206 Å². The second-order valence-electron chi connectivity index (χ2n) is 7.70. The van der Waals surface area contributed by atoms with Gasteiger partial charge in [0, 0.05) is 30.1 Å². The number of rotatable bonds is 7. The highest BCUT2D eigenvalue weighted by Gasteiger charge is 2.30. The second kappa shape index (κ2) is 9.23. The Kier molecular flexibility index (Phi) is 6.12. The molecule has 2 heterocycles. The summed E-state index contributed by atoms with van der Waals surface area (Å²) in [5.41, 5.74) is 3.53. The molecule has 0 bridgehead atoms. The van der Waals surface area contributed by atoms with Crippen LogP contribution in [-0.2, 0) is 10.0 Å². The van der Waals surface area contributed by atoms with Gasteiger partial charge in [0.1, 0.15) is 11.2 Å². The molecule has 0 saturated heterocycles. The summed E-state index contributed by atoms with van der Waals surface area (Å²) in [4.78, 5) is 4.58. The summed E-state index contributed by atoms with van der Waals surface area (Å²) >= 11 is 6.70. The van der Waals surface area contributed by atoms with Crippen LogP contribution in [0.25, 0.3) is 39.1 Å². The molecular formula is C24H21ClN6O3S. The molecule has 178 valence electrons. The van der Waals surface area contributed by atoms with Gasteiger partial charge in [-0.3, -0.25) is 4.40 Å². The maximum Gasteiger partial charge on any atom is 0.255 e. The number of fused-ring (bicyclic) bond motifs is 3. The average molecular weight is 509 g/mol. The second-order valence-corrected chi connectivity index (χ2v) is 9.81. The summed E-state index contributed by atoms with van der Waals surface area (Å²) in [6.45, 7) is -0.523. The fourth-order valence-electron chi connectivity index (χ4n) is 4.19. The number of aromatic nitrogens is 4. The van der Waals surface area contributed by atoms with Crippen molar-refractivity contribution < 1.29 is 13.5 Å². The lowest BCUT2D eigenvalue weighted by Crippen LogP contribution is -2.27. The zero-order chi connectivity index (χ0) is 24.6. The van der Waals surface area contributed by atoms with Crippen LogP contribution < -0.4 is 10.0 Å². The van der Waals surface area contributed by atoms with Crippen molar-refractivity contribution in [2.45, 2.75) is 4.90 Å². The van der Waals surface area contributed by atoms with E-state index >= 15 is 0 Å². The lowest BCUT2D eigenvalue weighted by atomic mass is 9.96. The van der Waals surface area contributed by atoms with E-state index in [0.29, 0.717) is 33.7 Å². The molecule has 3 N–H and O–H groups in total. The van der Waals surface area contributed by atoms with Gasteiger partial charge < -0.3 is 10.4 Å². The first-order valence-electron chi connectivity index (χ1n) is 10.8. The fourth-order valence-corrected chi connectivity index (χ4v) is 5.98.